The molecule has 21 heavy (non-hydrogen) atoms. The Morgan fingerprint density at radius 1 is 1.05 bits per heavy atom. The summed E-state index contributed by atoms with van der Waals surface area (Å²) >= 11 is 0. The fourth-order valence-electron chi connectivity index (χ4n) is 1.99. The molecule has 0 atom stereocenters. The van der Waals surface area contributed by atoms with Gasteiger partial charge in [-0.25, -0.2) is 9.78 Å². The van der Waals surface area contributed by atoms with Gasteiger partial charge in [-0.2, -0.15) is 0 Å². The Balaban J connectivity index is 1.66. The lowest BCUT2D eigenvalue weighted by Gasteiger charge is -2.06. The molecule has 4 nitrogen and oxygen atoms in total. The first-order valence-electron chi connectivity index (χ1n) is 6.63. The van der Waals surface area contributed by atoms with Crippen LogP contribution in [0.1, 0.15) is 15.9 Å². The Bertz CT molecular complexity index is 704. The lowest BCUT2D eigenvalue weighted by molar-refractivity contribution is 0.0734. The lowest BCUT2D eigenvalue weighted by atomic mass is 10.2. The number of ether oxygens (including phenoxy) is 1. The molecule has 0 unspecified atom stereocenters. The minimum absolute atomic E-state index is 0.349. The number of hydrogen-bond donors (Lipinski definition) is 0. The van der Waals surface area contributed by atoms with Gasteiger partial charge in [0.25, 0.3) is 0 Å². The molecule has 4 heteroatoms. The van der Waals surface area contributed by atoms with E-state index in [9.17, 15) is 4.79 Å². The molecule has 3 aromatic rings. The summed E-state index contributed by atoms with van der Waals surface area (Å²) in [7, 11) is 0. The van der Waals surface area contributed by atoms with Crippen LogP contribution in [-0.2, 0) is 6.54 Å². The van der Waals surface area contributed by atoms with Crippen molar-refractivity contribution < 1.29 is 9.53 Å². The molecule has 0 radical (unpaired) electrons. The first-order chi connectivity index (χ1) is 10.3. The number of rotatable bonds is 4. The highest BCUT2D eigenvalue weighted by Gasteiger charge is 2.07. The fourth-order valence-corrected chi connectivity index (χ4v) is 1.99. The largest absolute Gasteiger partial charge is 0.423 e. The molecule has 0 aliphatic carbocycles. The van der Waals surface area contributed by atoms with Crippen molar-refractivity contribution in [1.29, 1.82) is 0 Å². The molecule has 0 amide bonds. The Morgan fingerprint density at radius 3 is 2.48 bits per heavy atom. The predicted octanol–water partition coefficient (Wildman–Crippen LogP) is 3.15. The fraction of sp³-hybridized carbons (Fsp3) is 0.0588. The highest BCUT2D eigenvalue weighted by atomic mass is 16.5. The molecule has 0 fully saturated rings. The molecular formula is C17H14N2O2. The Hall–Kier alpha value is -2.88. The Labute approximate surface area is 122 Å². The molecule has 0 N–H and O–H groups in total. The second kappa shape index (κ2) is 6.05. The predicted molar refractivity (Wildman–Crippen MR) is 79.2 cm³/mol. The summed E-state index contributed by atoms with van der Waals surface area (Å²) in [6.45, 7) is 0.743. The van der Waals surface area contributed by atoms with Gasteiger partial charge in [-0.1, -0.05) is 30.3 Å². The van der Waals surface area contributed by atoms with Crippen molar-refractivity contribution in [2.75, 3.05) is 0 Å². The lowest BCUT2D eigenvalue weighted by Crippen LogP contribution is -2.08. The summed E-state index contributed by atoms with van der Waals surface area (Å²) in [6.07, 6.45) is 5.42. The van der Waals surface area contributed by atoms with E-state index in [1.54, 1.807) is 36.8 Å². The van der Waals surface area contributed by atoms with E-state index in [4.69, 9.17) is 4.74 Å². The van der Waals surface area contributed by atoms with Crippen LogP contribution in [0.2, 0.25) is 0 Å². The number of hydrogen-bond acceptors (Lipinski definition) is 3. The van der Waals surface area contributed by atoms with Crippen LogP contribution < -0.4 is 4.74 Å². The van der Waals surface area contributed by atoms with Crippen molar-refractivity contribution in [2.45, 2.75) is 6.54 Å². The first kappa shape index (κ1) is 13.1. The monoisotopic (exact) mass is 278 g/mol. The minimum atomic E-state index is -0.349. The molecule has 1 aromatic heterocycles. The summed E-state index contributed by atoms with van der Waals surface area (Å²) in [4.78, 5) is 15.9. The molecule has 0 aliphatic rings. The van der Waals surface area contributed by atoms with Crippen molar-refractivity contribution in [3.63, 3.8) is 0 Å². The summed E-state index contributed by atoms with van der Waals surface area (Å²) in [5.74, 6) is 0.191. The van der Waals surface area contributed by atoms with Crippen molar-refractivity contribution in [2.24, 2.45) is 0 Å². The van der Waals surface area contributed by atoms with E-state index in [0.717, 1.165) is 12.1 Å². The Morgan fingerprint density at radius 2 is 1.81 bits per heavy atom. The third-order valence-electron chi connectivity index (χ3n) is 3.07. The van der Waals surface area contributed by atoms with Crippen molar-refractivity contribution >= 4 is 5.97 Å². The quantitative estimate of drug-likeness (QED) is 0.544. The minimum Gasteiger partial charge on any atom is -0.423 e. The van der Waals surface area contributed by atoms with Crippen molar-refractivity contribution in [3.8, 4) is 5.75 Å². The van der Waals surface area contributed by atoms with Gasteiger partial charge in [0.15, 0.2) is 0 Å². The maximum Gasteiger partial charge on any atom is 0.343 e. The van der Waals surface area contributed by atoms with Gasteiger partial charge in [0, 0.05) is 18.9 Å². The van der Waals surface area contributed by atoms with Gasteiger partial charge in [0.1, 0.15) is 5.75 Å². The van der Waals surface area contributed by atoms with Gasteiger partial charge in [0.05, 0.1) is 11.9 Å². The second-order valence-electron chi connectivity index (χ2n) is 4.63. The number of esters is 1. The van der Waals surface area contributed by atoms with E-state index in [1.165, 1.54) is 0 Å². The van der Waals surface area contributed by atoms with Crippen LogP contribution in [0.25, 0.3) is 0 Å². The second-order valence-corrected chi connectivity index (χ2v) is 4.63. The summed E-state index contributed by atoms with van der Waals surface area (Å²) < 4.78 is 7.31. The zero-order chi connectivity index (χ0) is 14.5. The van der Waals surface area contributed by atoms with Crippen LogP contribution >= 0.6 is 0 Å². The normalized spacial score (nSPS) is 10.3. The van der Waals surface area contributed by atoms with Crippen LogP contribution in [0.15, 0.2) is 73.3 Å². The van der Waals surface area contributed by atoms with Gasteiger partial charge in [-0.15, -0.1) is 0 Å². The number of nitrogens with zero attached hydrogens (tertiary/aromatic N) is 2. The van der Waals surface area contributed by atoms with E-state index in [2.05, 4.69) is 4.98 Å². The highest BCUT2D eigenvalue weighted by Crippen LogP contribution is 2.15. The molecule has 0 bridgehead atoms. The van der Waals surface area contributed by atoms with Crippen molar-refractivity contribution in [3.05, 3.63) is 84.4 Å². The van der Waals surface area contributed by atoms with E-state index < -0.39 is 0 Å². The summed E-state index contributed by atoms with van der Waals surface area (Å²) in [5.41, 5.74) is 1.66. The Kier molecular flexibility index (Phi) is 3.78. The zero-order valence-electron chi connectivity index (χ0n) is 11.3. The number of aromatic nitrogens is 2. The molecule has 1 heterocycles. The van der Waals surface area contributed by atoms with Gasteiger partial charge < -0.3 is 9.30 Å². The van der Waals surface area contributed by atoms with Gasteiger partial charge in [-0.05, 0) is 29.8 Å². The number of imidazole rings is 1. The van der Waals surface area contributed by atoms with Crippen molar-refractivity contribution in [1.82, 2.24) is 9.55 Å². The average Bonchev–Trinajstić information content (AvgIpc) is 3.03. The molecule has 2 aromatic carbocycles. The van der Waals surface area contributed by atoms with Crippen LogP contribution in [0, 0.1) is 0 Å². The van der Waals surface area contributed by atoms with E-state index in [0.29, 0.717) is 11.3 Å². The zero-order valence-corrected chi connectivity index (χ0v) is 11.3. The maximum atomic E-state index is 11.9. The standard InChI is InChI=1S/C17H14N2O2/c20-17(15-4-2-1-3-5-15)21-16-8-6-14(7-9-16)12-19-11-10-18-13-19/h1-11,13H,12H2. The number of benzene rings is 2. The van der Waals surface area contributed by atoms with Gasteiger partial charge >= 0.3 is 5.97 Å². The summed E-state index contributed by atoms with van der Waals surface area (Å²) in [6, 6.07) is 16.4. The summed E-state index contributed by atoms with van der Waals surface area (Å²) in [5, 5.41) is 0. The van der Waals surface area contributed by atoms with E-state index in [1.807, 2.05) is 41.1 Å². The molecular weight excluding hydrogens is 264 g/mol. The molecule has 0 saturated carbocycles. The third kappa shape index (κ3) is 3.36. The highest BCUT2D eigenvalue weighted by molar-refractivity contribution is 5.90. The third-order valence-corrected chi connectivity index (χ3v) is 3.07. The topological polar surface area (TPSA) is 44.1 Å². The van der Waals surface area contributed by atoms with Gasteiger partial charge in [-0.3, -0.25) is 0 Å². The number of carbonyl (C=O) groups excluding carboxylic acids is 1. The van der Waals surface area contributed by atoms with E-state index in [-0.39, 0.29) is 5.97 Å². The average molecular weight is 278 g/mol. The van der Waals surface area contributed by atoms with Crippen LogP contribution in [0.4, 0.5) is 0 Å². The van der Waals surface area contributed by atoms with E-state index >= 15 is 0 Å². The molecule has 0 aliphatic heterocycles. The SMILES string of the molecule is O=C(Oc1ccc(Cn2ccnc2)cc1)c1ccccc1. The molecule has 104 valence electrons. The van der Waals surface area contributed by atoms with Crippen LogP contribution in [-0.4, -0.2) is 15.5 Å². The maximum absolute atomic E-state index is 11.9. The van der Waals surface area contributed by atoms with Gasteiger partial charge in [0.2, 0.25) is 0 Å². The van der Waals surface area contributed by atoms with Crippen LogP contribution in [0.5, 0.6) is 5.75 Å². The smallest absolute Gasteiger partial charge is 0.343 e. The molecule has 0 spiro atoms. The number of carbonyl (C=O) groups is 1. The molecule has 3 rings (SSSR count). The molecule has 0 saturated heterocycles. The van der Waals surface area contributed by atoms with Crippen LogP contribution in [0.3, 0.4) is 0 Å². The first-order valence-corrected chi connectivity index (χ1v) is 6.63.